The smallest absolute Gasteiger partial charge is 0.296 e. The van der Waals surface area contributed by atoms with Crippen LogP contribution in [0.4, 0.5) is 10.1 Å². The summed E-state index contributed by atoms with van der Waals surface area (Å²) in [4.78, 5) is 44.5. The monoisotopic (exact) mass is 423 g/mol. The molecule has 2 aliphatic rings. The molecule has 1 spiro atoms. The molecule has 1 atom stereocenters. The van der Waals surface area contributed by atoms with Crippen LogP contribution in [-0.2, 0) is 19.9 Å². The molecule has 160 valence electrons. The van der Waals surface area contributed by atoms with Crippen molar-refractivity contribution in [2.75, 3.05) is 39.1 Å². The van der Waals surface area contributed by atoms with Gasteiger partial charge in [0.25, 0.3) is 17.6 Å². The van der Waals surface area contributed by atoms with Crippen molar-refractivity contribution in [2.45, 2.75) is 5.54 Å². The lowest BCUT2D eigenvalue weighted by Gasteiger charge is -2.34. The number of carbonyl (C=O) groups excluding carboxylic acids is 3. The Morgan fingerprint density at radius 1 is 1.06 bits per heavy atom. The van der Waals surface area contributed by atoms with Crippen molar-refractivity contribution in [1.29, 1.82) is 0 Å². The van der Waals surface area contributed by atoms with Crippen molar-refractivity contribution in [2.24, 2.45) is 0 Å². The van der Waals surface area contributed by atoms with E-state index in [1.54, 1.807) is 31.3 Å². The zero-order valence-corrected chi connectivity index (χ0v) is 17.4. The van der Waals surface area contributed by atoms with Crippen LogP contribution in [0.5, 0.6) is 0 Å². The molecule has 0 aromatic heterocycles. The second-order valence-electron chi connectivity index (χ2n) is 7.91. The quantitative estimate of drug-likeness (QED) is 0.462. The Balaban J connectivity index is 2.04. The first-order valence-electron chi connectivity index (χ1n) is 9.79. The summed E-state index contributed by atoms with van der Waals surface area (Å²) in [6.45, 7) is 0.510. The second kappa shape index (κ2) is 7.31. The van der Waals surface area contributed by atoms with E-state index in [0.29, 0.717) is 17.8 Å². The van der Waals surface area contributed by atoms with E-state index < -0.39 is 34.7 Å². The molecule has 2 aromatic carbocycles. The van der Waals surface area contributed by atoms with Crippen LogP contribution in [0.2, 0.25) is 0 Å². The topological polar surface area (TPSA) is 81.2 Å². The van der Waals surface area contributed by atoms with Gasteiger partial charge in [0, 0.05) is 37.0 Å². The lowest BCUT2D eigenvalue weighted by molar-refractivity contribution is -0.143. The van der Waals surface area contributed by atoms with Gasteiger partial charge in [-0.3, -0.25) is 14.4 Å². The molecule has 0 aliphatic carbocycles. The molecule has 0 unspecified atom stereocenters. The van der Waals surface area contributed by atoms with Gasteiger partial charge in [-0.1, -0.05) is 18.2 Å². The predicted octanol–water partition coefficient (Wildman–Crippen LogP) is 1.94. The number of Topliss-reactive ketones (excluding diaryl/α,β-unsaturated/α-hetero) is 1. The first-order valence-corrected chi connectivity index (χ1v) is 9.79. The number of aliphatic hydroxyl groups is 1. The van der Waals surface area contributed by atoms with Crippen molar-refractivity contribution in [3.8, 4) is 0 Å². The zero-order chi connectivity index (χ0) is 22.5. The molecule has 2 amide bonds. The molecule has 0 bridgehead atoms. The van der Waals surface area contributed by atoms with Crippen molar-refractivity contribution in [1.82, 2.24) is 9.80 Å². The van der Waals surface area contributed by atoms with Gasteiger partial charge in [0.2, 0.25) is 0 Å². The van der Waals surface area contributed by atoms with Gasteiger partial charge in [0.05, 0.1) is 5.57 Å². The van der Waals surface area contributed by atoms with Crippen LogP contribution in [0.25, 0.3) is 5.76 Å². The molecule has 2 aliphatic heterocycles. The number of amides is 2. The number of likely N-dealkylation sites (N-methyl/N-ethyl adjacent to an activating group) is 2. The van der Waals surface area contributed by atoms with Gasteiger partial charge in [0.15, 0.2) is 5.54 Å². The van der Waals surface area contributed by atoms with E-state index in [1.807, 2.05) is 19.0 Å². The number of likely N-dealkylation sites (tertiary alicyclic amines) is 1. The van der Waals surface area contributed by atoms with Crippen LogP contribution in [0, 0.1) is 5.82 Å². The highest BCUT2D eigenvalue weighted by Crippen LogP contribution is 2.53. The maximum Gasteiger partial charge on any atom is 0.296 e. The highest BCUT2D eigenvalue weighted by Gasteiger charge is 2.66. The number of anilines is 1. The van der Waals surface area contributed by atoms with Crippen LogP contribution in [0.15, 0.2) is 54.1 Å². The Bertz CT molecular complexity index is 1130. The van der Waals surface area contributed by atoms with Gasteiger partial charge in [-0.05, 0) is 44.4 Å². The van der Waals surface area contributed by atoms with E-state index >= 15 is 0 Å². The summed E-state index contributed by atoms with van der Waals surface area (Å²) in [7, 11) is 5.20. The van der Waals surface area contributed by atoms with E-state index in [2.05, 4.69) is 0 Å². The highest BCUT2D eigenvalue weighted by molar-refractivity contribution is 6.50. The lowest BCUT2D eigenvalue weighted by atomic mass is 9.82. The first-order chi connectivity index (χ1) is 14.7. The lowest BCUT2D eigenvalue weighted by Crippen LogP contribution is -2.52. The SMILES string of the molecule is CN(C)CCN1C(=O)C(=O)C(=C(O)c2ccc(F)cc2)[C@@]12C(=O)N(C)c1ccccc12. The van der Waals surface area contributed by atoms with Crippen molar-refractivity contribution >= 4 is 29.0 Å². The molecular formula is C23H22FN3O4. The number of ketones is 1. The van der Waals surface area contributed by atoms with E-state index in [9.17, 15) is 23.9 Å². The Morgan fingerprint density at radius 2 is 1.71 bits per heavy atom. The van der Waals surface area contributed by atoms with Crippen molar-refractivity contribution < 1.29 is 23.9 Å². The highest BCUT2D eigenvalue weighted by atomic mass is 19.1. The third-order valence-corrected chi connectivity index (χ3v) is 5.83. The zero-order valence-electron chi connectivity index (χ0n) is 17.4. The summed E-state index contributed by atoms with van der Waals surface area (Å²) >= 11 is 0. The maximum absolute atomic E-state index is 13.7. The molecule has 1 fully saturated rings. The number of nitrogens with zero attached hydrogens (tertiary/aromatic N) is 3. The summed E-state index contributed by atoms with van der Waals surface area (Å²) in [5, 5.41) is 11.1. The fourth-order valence-electron chi connectivity index (χ4n) is 4.32. The average Bonchev–Trinajstić information content (AvgIpc) is 3.11. The van der Waals surface area contributed by atoms with E-state index in [1.165, 1.54) is 21.9 Å². The Hall–Kier alpha value is -3.52. The normalized spacial score (nSPS) is 22.2. The van der Waals surface area contributed by atoms with Gasteiger partial charge >= 0.3 is 0 Å². The van der Waals surface area contributed by atoms with Crippen LogP contribution in [-0.4, -0.2) is 66.7 Å². The van der Waals surface area contributed by atoms with E-state index in [-0.39, 0.29) is 17.7 Å². The summed E-state index contributed by atoms with van der Waals surface area (Å²) in [6.07, 6.45) is 0. The Kier molecular flexibility index (Phi) is 4.89. The largest absolute Gasteiger partial charge is 0.507 e. The minimum absolute atomic E-state index is 0.103. The molecule has 8 heteroatoms. The Labute approximate surface area is 179 Å². The number of hydrogen-bond acceptors (Lipinski definition) is 5. The molecule has 31 heavy (non-hydrogen) atoms. The van der Waals surface area contributed by atoms with Crippen molar-refractivity contribution in [3.05, 3.63) is 71.0 Å². The third-order valence-electron chi connectivity index (χ3n) is 5.83. The van der Waals surface area contributed by atoms with Crippen LogP contribution in [0.3, 0.4) is 0 Å². The van der Waals surface area contributed by atoms with Gasteiger partial charge in [-0.15, -0.1) is 0 Å². The summed E-state index contributed by atoms with van der Waals surface area (Å²) < 4.78 is 13.4. The van der Waals surface area contributed by atoms with Gasteiger partial charge in [0.1, 0.15) is 11.6 Å². The van der Waals surface area contributed by atoms with Crippen LogP contribution >= 0.6 is 0 Å². The minimum atomic E-state index is -1.78. The van der Waals surface area contributed by atoms with Crippen LogP contribution in [0.1, 0.15) is 11.1 Å². The number of para-hydroxylation sites is 1. The molecule has 1 N–H and O–H groups in total. The number of benzene rings is 2. The molecule has 2 heterocycles. The molecular weight excluding hydrogens is 401 g/mol. The van der Waals surface area contributed by atoms with Crippen LogP contribution < -0.4 is 4.90 Å². The fourth-order valence-corrected chi connectivity index (χ4v) is 4.32. The summed E-state index contributed by atoms with van der Waals surface area (Å²) in [5.74, 6) is -3.33. The minimum Gasteiger partial charge on any atom is -0.507 e. The van der Waals surface area contributed by atoms with Crippen molar-refractivity contribution in [3.63, 3.8) is 0 Å². The van der Waals surface area contributed by atoms with Gasteiger partial charge < -0.3 is 19.8 Å². The summed E-state index contributed by atoms with van der Waals surface area (Å²) in [5.41, 5.74) is -0.942. The predicted molar refractivity (Wildman–Crippen MR) is 113 cm³/mol. The standard InChI is InChI=1S/C23H22FN3O4/c1-25(2)12-13-27-21(30)20(29)18(19(28)14-8-10-15(24)11-9-14)23(27)16-6-4-5-7-17(16)26(3)22(23)31/h4-11,28H,12-13H2,1-3H3/t23-/m0/s1. The number of carbonyl (C=O) groups is 3. The first kappa shape index (κ1) is 20.7. The number of rotatable bonds is 4. The molecule has 1 saturated heterocycles. The number of aliphatic hydroxyl groups excluding tert-OH is 1. The Morgan fingerprint density at radius 3 is 2.35 bits per heavy atom. The van der Waals surface area contributed by atoms with E-state index in [0.717, 1.165) is 12.1 Å². The summed E-state index contributed by atoms with van der Waals surface area (Å²) in [6, 6.07) is 11.8. The third kappa shape index (κ3) is 2.86. The number of hydrogen-bond donors (Lipinski definition) is 1. The van der Waals surface area contributed by atoms with Gasteiger partial charge in [-0.25, -0.2) is 4.39 Å². The average molecular weight is 423 g/mol. The second-order valence-corrected chi connectivity index (χ2v) is 7.91. The molecule has 4 rings (SSSR count). The molecule has 2 aromatic rings. The van der Waals surface area contributed by atoms with Gasteiger partial charge in [-0.2, -0.15) is 0 Å². The van der Waals surface area contributed by atoms with E-state index in [4.69, 9.17) is 0 Å². The molecule has 0 radical (unpaired) electrons. The number of fused-ring (bicyclic) bond motifs is 2. The molecule has 7 nitrogen and oxygen atoms in total. The fraction of sp³-hybridized carbons (Fsp3) is 0.261. The molecule has 0 saturated carbocycles. The maximum atomic E-state index is 13.7. The number of halogens is 1.